The molecule has 8 nitrogen and oxygen atoms in total. The Morgan fingerprint density at radius 1 is 1.45 bits per heavy atom. The number of nitro groups is 1. The molecule has 0 aliphatic heterocycles. The van der Waals surface area contributed by atoms with Crippen molar-refractivity contribution in [2.75, 3.05) is 18.5 Å². The van der Waals surface area contributed by atoms with Crippen molar-refractivity contribution in [2.24, 2.45) is 0 Å². The predicted octanol–water partition coefficient (Wildman–Crippen LogP) is 2.03. The van der Waals surface area contributed by atoms with E-state index in [-0.39, 0.29) is 5.69 Å². The van der Waals surface area contributed by atoms with Gasteiger partial charge < -0.3 is 14.6 Å². The quantitative estimate of drug-likeness (QED) is 0.610. The van der Waals surface area contributed by atoms with Crippen LogP contribution in [-0.2, 0) is 6.42 Å². The number of nitrogens with zero attached hydrogens (tertiary/aromatic N) is 3. The molecule has 0 bridgehead atoms. The average molecular weight is 278 g/mol. The lowest BCUT2D eigenvalue weighted by Crippen LogP contribution is -2.06. The molecule has 0 fully saturated rings. The van der Waals surface area contributed by atoms with E-state index in [1.807, 2.05) is 6.92 Å². The summed E-state index contributed by atoms with van der Waals surface area (Å²) in [5.41, 5.74) is 0.601. The number of hydrogen-bond donors (Lipinski definition) is 1. The summed E-state index contributed by atoms with van der Waals surface area (Å²) < 4.78 is 9.93. The number of hydrogen-bond acceptors (Lipinski definition) is 7. The number of aromatic nitrogens is 2. The molecule has 0 amide bonds. The molecule has 2 rings (SSSR count). The van der Waals surface area contributed by atoms with Gasteiger partial charge in [-0.15, -0.1) is 0 Å². The van der Waals surface area contributed by atoms with Crippen LogP contribution in [0.15, 0.2) is 29.1 Å². The zero-order chi connectivity index (χ0) is 14.4. The van der Waals surface area contributed by atoms with E-state index in [0.29, 0.717) is 36.8 Å². The maximum Gasteiger partial charge on any atom is 0.275 e. The number of benzene rings is 1. The molecule has 8 heteroatoms. The minimum Gasteiger partial charge on any atom is -0.494 e. The Morgan fingerprint density at radius 2 is 2.30 bits per heavy atom. The van der Waals surface area contributed by atoms with E-state index in [1.54, 1.807) is 6.07 Å². The van der Waals surface area contributed by atoms with E-state index < -0.39 is 4.92 Å². The van der Waals surface area contributed by atoms with Crippen LogP contribution in [0.1, 0.15) is 12.7 Å². The van der Waals surface area contributed by atoms with Gasteiger partial charge >= 0.3 is 0 Å². The zero-order valence-corrected chi connectivity index (χ0v) is 10.9. The SMILES string of the molecule is CCOc1cc(NCCc2ncon2)cc([N+](=O)[O-])c1. The molecule has 0 aliphatic carbocycles. The highest BCUT2D eigenvalue weighted by molar-refractivity contribution is 5.56. The molecule has 1 heterocycles. The highest BCUT2D eigenvalue weighted by Crippen LogP contribution is 2.26. The van der Waals surface area contributed by atoms with Crippen molar-refractivity contribution in [1.29, 1.82) is 0 Å². The summed E-state index contributed by atoms with van der Waals surface area (Å²) in [7, 11) is 0. The smallest absolute Gasteiger partial charge is 0.275 e. The van der Waals surface area contributed by atoms with E-state index in [1.165, 1.54) is 18.5 Å². The number of ether oxygens (including phenoxy) is 1. The normalized spacial score (nSPS) is 10.2. The summed E-state index contributed by atoms with van der Waals surface area (Å²) in [6.07, 6.45) is 1.82. The van der Waals surface area contributed by atoms with Gasteiger partial charge in [0.1, 0.15) is 5.75 Å². The first-order chi connectivity index (χ1) is 9.69. The second-order valence-corrected chi connectivity index (χ2v) is 3.93. The highest BCUT2D eigenvalue weighted by Gasteiger charge is 2.10. The monoisotopic (exact) mass is 278 g/mol. The maximum atomic E-state index is 10.9. The molecule has 0 aliphatic rings. The number of non-ortho nitro benzene ring substituents is 1. The van der Waals surface area contributed by atoms with Gasteiger partial charge in [0.05, 0.1) is 17.6 Å². The molecule has 1 aromatic heterocycles. The Hall–Kier alpha value is -2.64. The van der Waals surface area contributed by atoms with Crippen molar-refractivity contribution in [2.45, 2.75) is 13.3 Å². The fourth-order valence-electron chi connectivity index (χ4n) is 1.66. The van der Waals surface area contributed by atoms with Crippen LogP contribution >= 0.6 is 0 Å². The Balaban J connectivity index is 2.03. The van der Waals surface area contributed by atoms with Crippen molar-refractivity contribution >= 4 is 11.4 Å². The van der Waals surface area contributed by atoms with Crippen LogP contribution in [0.2, 0.25) is 0 Å². The van der Waals surface area contributed by atoms with Crippen LogP contribution in [0.4, 0.5) is 11.4 Å². The van der Waals surface area contributed by atoms with Gasteiger partial charge in [0.15, 0.2) is 5.82 Å². The van der Waals surface area contributed by atoms with Crippen LogP contribution in [0.25, 0.3) is 0 Å². The first-order valence-corrected chi connectivity index (χ1v) is 6.10. The first-order valence-electron chi connectivity index (χ1n) is 6.10. The minimum absolute atomic E-state index is 0.0157. The van der Waals surface area contributed by atoms with Crippen LogP contribution in [-0.4, -0.2) is 28.2 Å². The molecule has 1 aromatic carbocycles. The summed E-state index contributed by atoms with van der Waals surface area (Å²) in [6.45, 7) is 2.80. The molecule has 0 unspecified atom stereocenters. The van der Waals surface area contributed by atoms with Gasteiger partial charge in [-0.05, 0) is 6.92 Å². The van der Waals surface area contributed by atoms with Gasteiger partial charge in [-0.1, -0.05) is 5.16 Å². The second kappa shape index (κ2) is 6.50. The predicted molar refractivity (Wildman–Crippen MR) is 70.8 cm³/mol. The van der Waals surface area contributed by atoms with Gasteiger partial charge in [-0.3, -0.25) is 10.1 Å². The average Bonchev–Trinajstić information content (AvgIpc) is 2.92. The Kier molecular flexibility index (Phi) is 4.48. The molecular weight excluding hydrogens is 264 g/mol. The lowest BCUT2D eigenvalue weighted by Gasteiger charge is -2.08. The number of rotatable bonds is 7. The minimum atomic E-state index is -0.452. The molecule has 0 atom stereocenters. The largest absolute Gasteiger partial charge is 0.494 e. The van der Waals surface area contributed by atoms with Gasteiger partial charge in [0.25, 0.3) is 5.69 Å². The Morgan fingerprint density at radius 3 is 2.95 bits per heavy atom. The first kappa shape index (κ1) is 13.8. The van der Waals surface area contributed by atoms with Gasteiger partial charge in [0, 0.05) is 30.8 Å². The lowest BCUT2D eigenvalue weighted by atomic mass is 10.2. The van der Waals surface area contributed by atoms with Crippen LogP contribution in [0.5, 0.6) is 5.75 Å². The number of anilines is 1. The third kappa shape index (κ3) is 3.67. The molecule has 0 saturated carbocycles. The summed E-state index contributed by atoms with van der Waals surface area (Å²) in [5.74, 6) is 1.04. The second-order valence-electron chi connectivity index (χ2n) is 3.93. The van der Waals surface area contributed by atoms with Gasteiger partial charge in [0.2, 0.25) is 6.39 Å². The zero-order valence-electron chi connectivity index (χ0n) is 10.9. The summed E-state index contributed by atoms with van der Waals surface area (Å²) in [6, 6.07) is 4.57. The van der Waals surface area contributed by atoms with Crippen LogP contribution < -0.4 is 10.1 Å². The Labute approximate surface area is 114 Å². The third-order valence-corrected chi connectivity index (χ3v) is 2.50. The molecule has 0 saturated heterocycles. The van der Waals surface area contributed by atoms with Crippen molar-refractivity contribution in [3.05, 3.63) is 40.5 Å². The van der Waals surface area contributed by atoms with E-state index in [0.717, 1.165) is 0 Å². The molecule has 1 N–H and O–H groups in total. The van der Waals surface area contributed by atoms with E-state index >= 15 is 0 Å². The summed E-state index contributed by atoms with van der Waals surface area (Å²) in [4.78, 5) is 14.3. The molecule has 2 aromatic rings. The standard InChI is InChI=1S/C12H14N4O4/c1-2-19-11-6-9(5-10(7-11)16(17)18)13-4-3-12-14-8-20-15-12/h5-8,13H,2-4H2,1H3. The number of nitro benzene ring substituents is 1. The molecule has 106 valence electrons. The molecule has 0 spiro atoms. The third-order valence-electron chi connectivity index (χ3n) is 2.50. The molecule has 20 heavy (non-hydrogen) atoms. The maximum absolute atomic E-state index is 10.9. The van der Waals surface area contributed by atoms with Crippen molar-refractivity contribution in [3.63, 3.8) is 0 Å². The molecule has 0 radical (unpaired) electrons. The topological polar surface area (TPSA) is 103 Å². The van der Waals surface area contributed by atoms with Crippen LogP contribution in [0.3, 0.4) is 0 Å². The lowest BCUT2D eigenvalue weighted by molar-refractivity contribution is -0.384. The van der Waals surface area contributed by atoms with Gasteiger partial charge in [-0.25, -0.2) is 0 Å². The summed E-state index contributed by atoms with van der Waals surface area (Å²) in [5, 5.41) is 17.6. The fourth-order valence-corrected chi connectivity index (χ4v) is 1.66. The Bertz CT molecular complexity index is 571. The highest BCUT2D eigenvalue weighted by atomic mass is 16.6. The number of nitrogens with one attached hydrogen (secondary N) is 1. The fraction of sp³-hybridized carbons (Fsp3) is 0.333. The summed E-state index contributed by atoms with van der Waals surface area (Å²) >= 11 is 0. The van der Waals surface area contributed by atoms with E-state index in [9.17, 15) is 10.1 Å². The van der Waals surface area contributed by atoms with E-state index in [2.05, 4.69) is 20.0 Å². The van der Waals surface area contributed by atoms with Crippen molar-refractivity contribution < 1.29 is 14.2 Å². The molecular formula is C12H14N4O4. The van der Waals surface area contributed by atoms with Gasteiger partial charge in [-0.2, -0.15) is 4.98 Å². The van der Waals surface area contributed by atoms with E-state index in [4.69, 9.17) is 4.74 Å². The van der Waals surface area contributed by atoms with Crippen molar-refractivity contribution in [1.82, 2.24) is 10.1 Å². The van der Waals surface area contributed by atoms with Crippen molar-refractivity contribution in [3.8, 4) is 5.75 Å². The van der Waals surface area contributed by atoms with Crippen LogP contribution in [0, 0.1) is 10.1 Å².